The van der Waals surface area contributed by atoms with Crippen LogP contribution < -0.4 is 11.0 Å². The Labute approximate surface area is 151 Å². The van der Waals surface area contributed by atoms with Gasteiger partial charge in [-0.2, -0.15) is 0 Å². The second-order valence-corrected chi connectivity index (χ2v) is 6.87. The van der Waals surface area contributed by atoms with E-state index >= 15 is 0 Å². The average molecular weight is 382 g/mol. The summed E-state index contributed by atoms with van der Waals surface area (Å²) >= 11 is 13.5. The van der Waals surface area contributed by atoms with Crippen LogP contribution in [0.4, 0.5) is 0 Å². The molecule has 0 aliphatic heterocycles. The molecule has 3 rings (SSSR count). The number of amides is 1. The summed E-state index contributed by atoms with van der Waals surface area (Å²) in [5.41, 5.74) is 3.10. The fourth-order valence-electron chi connectivity index (χ4n) is 2.32. The maximum absolute atomic E-state index is 12.4. The molecule has 1 aromatic carbocycles. The van der Waals surface area contributed by atoms with Crippen LogP contribution in [0.25, 0.3) is 10.2 Å². The molecule has 2 aromatic heterocycles. The number of thiophene rings is 1. The molecule has 0 saturated heterocycles. The molecule has 3 aromatic rings. The Kier molecular flexibility index (Phi) is 4.89. The van der Waals surface area contributed by atoms with Crippen molar-refractivity contribution >= 4 is 50.7 Å². The lowest BCUT2D eigenvalue weighted by atomic mass is 10.1. The quantitative estimate of drug-likeness (QED) is 0.747. The maximum atomic E-state index is 12.4. The van der Waals surface area contributed by atoms with Crippen molar-refractivity contribution in [2.45, 2.75) is 19.8 Å². The van der Waals surface area contributed by atoms with E-state index < -0.39 is 0 Å². The van der Waals surface area contributed by atoms with Crippen LogP contribution in [0, 0.1) is 6.92 Å². The standard InChI is InChI=1S/C16H13Cl2N3O2S/c1-9-19-15-11(7-8-24-15)16(23)21(9)20-13(22)6-5-10-3-2-4-12(17)14(10)18/h2-4,7-8H,5-6H2,1H3,(H,20,22). The number of halogens is 2. The summed E-state index contributed by atoms with van der Waals surface area (Å²) in [6, 6.07) is 6.99. The summed E-state index contributed by atoms with van der Waals surface area (Å²) < 4.78 is 1.18. The highest BCUT2D eigenvalue weighted by atomic mass is 35.5. The summed E-state index contributed by atoms with van der Waals surface area (Å²) in [6.45, 7) is 1.68. The molecule has 24 heavy (non-hydrogen) atoms. The first-order valence-electron chi connectivity index (χ1n) is 7.17. The van der Waals surface area contributed by atoms with Gasteiger partial charge in [0, 0.05) is 6.42 Å². The third-order valence-corrected chi connectivity index (χ3v) is 5.22. The lowest BCUT2D eigenvalue weighted by Crippen LogP contribution is -2.35. The van der Waals surface area contributed by atoms with Crippen molar-refractivity contribution in [2.75, 3.05) is 5.43 Å². The van der Waals surface area contributed by atoms with Crippen molar-refractivity contribution in [3.8, 4) is 0 Å². The Bertz CT molecular complexity index is 981. The fraction of sp³-hybridized carbons (Fsp3) is 0.188. The van der Waals surface area contributed by atoms with Crippen LogP contribution in [0.15, 0.2) is 34.4 Å². The fourth-order valence-corrected chi connectivity index (χ4v) is 3.53. The van der Waals surface area contributed by atoms with Gasteiger partial charge in [-0.15, -0.1) is 11.3 Å². The molecule has 0 fully saturated rings. The van der Waals surface area contributed by atoms with Crippen molar-refractivity contribution < 1.29 is 4.79 Å². The number of aromatic nitrogens is 2. The molecule has 124 valence electrons. The van der Waals surface area contributed by atoms with Crippen LogP contribution in [0.2, 0.25) is 10.0 Å². The van der Waals surface area contributed by atoms with E-state index in [1.807, 2.05) is 6.07 Å². The van der Waals surface area contributed by atoms with Crippen LogP contribution in [-0.2, 0) is 11.2 Å². The second-order valence-electron chi connectivity index (χ2n) is 5.19. The Morgan fingerprint density at radius 3 is 2.92 bits per heavy atom. The zero-order valence-corrected chi connectivity index (χ0v) is 15.0. The number of hydrogen-bond acceptors (Lipinski definition) is 4. The lowest BCUT2D eigenvalue weighted by Gasteiger charge is -2.11. The molecule has 5 nitrogen and oxygen atoms in total. The molecular weight excluding hydrogens is 369 g/mol. The van der Waals surface area contributed by atoms with E-state index in [0.717, 1.165) is 5.56 Å². The van der Waals surface area contributed by atoms with Crippen LogP contribution in [-0.4, -0.2) is 15.6 Å². The third-order valence-electron chi connectivity index (χ3n) is 3.55. The van der Waals surface area contributed by atoms with Gasteiger partial charge < -0.3 is 0 Å². The van der Waals surface area contributed by atoms with E-state index in [-0.39, 0.29) is 17.9 Å². The van der Waals surface area contributed by atoms with Crippen molar-refractivity contribution in [3.05, 3.63) is 61.4 Å². The summed E-state index contributed by atoms with van der Waals surface area (Å²) in [4.78, 5) is 29.6. The summed E-state index contributed by atoms with van der Waals surface area (Å²) in [6.07, 6.45) is 0.598. The summed E-state index contributed by atoms with van der Waals surface area (Å²) in [5, 5.41) is 3.19. The van der Waals surface area contributed by atoms with E-state index in [1.54, 1.807) is 30.5 Å². The van der Waals surface area contributed by atoms with Gasteiger partial charge in [0.15, 0.2) is 0 Å². The van der Waals surface area contributed by atoms with Gasteiger partial charge in [0.05, 0.1) is 15.4 Å². The molecule has 1 N–H and O–H groups in total. The minimum absolute atomic E-state index is 0.174. The van der Waals surface area contributed by atoms with E-state index in [1.165, 1.54) is 16.0 Å². The van der Waals surface area contributed by atoms with Gasteiger partial charge in [0.2, 0.25) is 5.91 Å². The highest BCUT2D eigenvalue weighted by Crippen LogP contribution is 2.26. The smallest absolute Gasteiger partial charge is 0.273 e. The van der Waals surface area contributed by atoms with E-state index in [9.17, 15) is 9.59 Å². The number of hydrogen-bond donors (Lipinski definition) is 1. The number of nitrogens with zero attached hydrogens (tertiary/aromatic N) is 2. The monoisotopic (exact) mass is 381 g/mol. The Morgan fingerprint density at radius 2 is 2.12 bits per heavy atom. The zero-order chi connectivity index (χ0) is 17.3. The van der Waals surface area contributed by atoms with Crippen molar-refractivity contribution in [2.24, 2.45) is 0 Å². The SMILES string of the molecule is Cc1nc2sccc2c(=O)n1NC(=O)CCc1cccc(Cl)c1Cl. The van der Waals surface area contributed by atoms with Gasteiger partial charge in [0.1, 0.15) is 10.7 Å². The Morgan fingerprint density at radius 1 is 1.33 bits per heavy atom. The molecule has 8 heteroatoms. The van der Waals surface area contributed by atoms with E-state index in [0.29, 0.717) is 32.5 Å². The summed E-state index contributed by atoms with van der Waals surface area (Å²) in [7, 11) is 0. The highest BCUT2D eigenvalue weighted by Gasteiger charge is 2.12. The molecule has 0 atom stereocenters. The Balaban J connectivity index is 1.76. The largest absolute Gasteiger partial charge is 0.281 e. The van der Waals surface area contributed by atoms with Gasteiger partial charge in [-0.1, -0.05) is 35.3 Å². The van der Waals surface area contributed by atoms with Crippen molar-refractivity contribution in [1.82, 2.24) is 9.66 Å². The van der Waals surface area contributed by atoms with E-state index in [2.05, 4.69) is 10.4 Å². The minimum atomic E-state index is -0.298. The topological polar surface area (TPSA) is 64.0 Å². The Hall–Kier alpha value is -1.89. The van der Waals surface area contributed by atoms with Crippen LogP contribution >= 0.6 is 34.5 Å². The van der Waals surface area contributed by atoms with Crippen molar-refractivity contribution in [3.63, 3.8) is 0 Å². The normalized spacial score (nSPS) is 11.0. The summed E-state index contributed by atoms with van der Waals surface area (Å²) in [5.74, 6) is 0.136. The molecule has 0 spiro atoms. The number of nitrogens with one attached hydrogen (secondary N) is 1. The number of fused-ring (bicyclic) bond motifs is 1. The van der Waals surface area contributed by atoms with Crippen molar-refractivity contribution in [1.29, 1.82) is 0 Å². The predicted octanol–water partition coefficient (Wildman–Crippen LogP) is 3.78. The van der Waals surface area contributed by atoms with Gasteiger partial charge in [0.25, 0.3) is 5.56 Å². The molecular formula is C16H13Cl2N3O2S. The predicted molar refractivity (Wildman–Crippen MR) is 97.8 cm³/mol. The number of carbonyl (C=O) groups excluding carboxylic acids is 1. The van der Waals surface area contributed by atoms with Crippen LogP contribution in [0.3, 0.4) is 0 Å². The van der Waals surface area contributed by atoms with Crippen LogP contribution in [0.5, 0.6) is 0 Å². The number of carbonyl (C=O) groups is 1. The third kappa shape index (κ3) is 3.31. The first-order valence-corrected chi connectivity index (χ1v) is 8.80. The maximum Gasteiger partial charge on any atom is 0.281 e. The molecule has 0 radical (unpaired) electrons. The highest BCUT2D eigenvalue weighted by molar-refractivity contribution is 7.16. The zero-order valence-electron chi connectivity index (χ0n) is 12.7. The first kappa shape index (κ1) is 17.0. The van der Waals surface area contributed by atoms with E-state index in [4.69, 9.17) is 23.2 Å². The molecule has 0 bridgehead atoms. The van der Waals surface area contributed by atoms with Gasteiger partial charge in [-0.05, 0) is 36.4 Å². The number of aryl methyl sites for hydroxylation is 2. The molecule has 2 heterocycles. The average Bonchev–Trinajstić information content (AvgIpc) is 3.01. The number of rotatable bonds is 4. The number of benzene rings is 1. The molecule has 0 aliphatic rings. The van der Waals surface area contributed by atoms with Gasteiger partial charge in [-0.3, -0.25) is 15.0 Å². The molecule has 1 amide bonds. The lowest BCUT2D eigenvalue weighted by molar-refractivity contribution is -0.117. The minimum Gasteiger partial charge on any atom is -0.273 e. The molecule has 0 unspecified atom stereocenters. The second kappa shape index (κ2) is 6.93. The molecule has 0 saturated carbocycles. The first-order chi connectivity index (χ1) is 11.5. The van der Waals surface area contributed by atoms with Gasteiger partial charge in [-0.25, -0.2) is 9.66 Å². The molecule has 0 aliphatic carbocycles. The van der Waals surface area contributed by atoms with Crippen LogP contribution in [0.1, 0.15) is 17.8 Å². The van der Waals surface area contributed by atoms with Gasteiger partial charge >= 0.3 is 0 Å².